The number of hydrogen-bond acceptors (Lipinski definition) is 5. The Morgan fingerprint density at radius 1 is 1.27 bits per heavy atom. The van der Waals surface area contributed by atoms with E-state index in [1.54, 1.807) is 18.2 Å². The molecule has 1 amide bonds. The standard InChI is InChI=1S/C19H24ClNO5/c1-12(2)13(3)21-17(22)11-26-18(23)6-5-14-9-15(20)19-16(10-14)24-7-4-8-25-19/h5-6,9-10,12-13H,4,7-8,11H2,1-3H3,(H,21,22)/b6-5+/t13-/m0/s1. The Morgan fingerprint density at radius 2 is 2.00 bits per heavy atom. The van der Waals surface area contributed by atoms with E-state index in [4.69, 9.17) is 25.8 Å². The molecule has 0 aromatic heterocycles. The summed E-state index contributed by atoms with van der Waals surface area (Å²) < 4.78 is 16.1. The molecule has 1 atom stereocenters. The number of hydrogen-bond donors (Lipinski definition) is 1. The molecular weight excluding hydrogens is 358 g/mol. The fourth-order valence-corrected chi connectivity index (χ4v) is 2.43. The summed E-state index contributed by atoms with van der Waals surface area (Å²) in [6.45, 7) is 6.68. The summed E-state index contributed by atoms with van der Waals surface area (Å²) in [6, 6.07) is 3.43. The van der Waals surface area contributed by atoms with E-state index in [0.29, 0.717) is 41.2 Å². The summed E-state index contributed by atoms with van der Waals surface area (Å²) in [6.07, 6.45) is 3.58. The molecule has 0 spiro atoms. The summed E-state index contributed by atoms with van der Waals surface area (Å²) in [5.74, 6) is 0.427. The van der Waals surface area contributed by atoms with Crippen molar-refractivity contribution in [3.05, 3.63) is 28.8 Å². The number of carbonyl (C=O) groups is 2. The highest BCUT2D eigenvalue weighted by atomic mass is 35.5. The van der Waals surface area contributed by atoms with E-state index in [-0.39, 0.29) is 18.6 Å². The van der Waals surface area contributed by atoms with E-state index in [1.165, 1.54) is 6.08 Å². The van der Waals surface area contributed by atoms with Gasteiger partial charge in [-0.1, -0.05) is 25.4 Å². The maximum absolute atomic E-state index is 11.8. The lowest BCUT2D eigenvalue weighted by Gasteiger charge is -2.17. The summed E-state index contributed by atoms with van der Waals surface area (Å²) in [7, 11) is 0. The predicted molar refractivity (Wildman–Crippen MR) is 99.5 cm³/mol. The molecule has 0 aliphatic carbocycles. The smallest absolute Gasteiger partial charge is 0.331 e. The minimum Gasteiger partial charge on any atom is -0.489 e. The molecule has 0 radical (unpaired) electrons. The lowest BCUT2D eigenvalue weighted by molar-refractivity contribution is -0.144. The molecule has 1 aromatic carbocycles. The molecule has 1 N–H and O–H groups in total. The number of amides is 1. The van der Waals surface area contributed by atoms with Gasteiger partial charge in [-0.15, -0.1) is 0 Å². The number of benzene rings is 1. The molecule has 2 rings (SSSR count). The summed E-state index contributed by atoms with van der Waals surface area (Å²) in [4.78, 5) is 23.5. The van der Waals surface area contributed by atoms with Crippen molar-refractivity contribution in [1.82, 2.24) is 5.32 Å². The minimum atomic E-state index is -0.611. The van der Waals surface area contributed by atoms with Crippen molar-refractivity contribution >= 4 is 29.6 Å². The van der Waals surface area contributed by atoms with Crippen LogP contribution < -0.4 is 14.8 Å². The highest BCUT2D eigenvalue weighted by Crippen LogP contribution is 2.38. The SMILES string of the molecule is CC(C)[C@H](C)NC(=O)COC(=O)/C=C/c1cc(Cl)c2c(c1)OCCCO2. The van der Waals surface area contributed by atoms with Crippen LogP contribution in [0.15, 0.2) is 18.2 Å². The topological polar surface area (TPSA) is 73.9 Å². The molecule has 26 heavy (non-hydrogen) atoms. The molecule has 7 heteroatoms. The Balaban J connectivity index is 1.91. The van der Waals surface area contributed by atoms with E-state index < -0.39 is 5.97 Å². The van der Waals surface area contributed by atoms with Crippen LogP contribution in [0.25, 0.3) is 6.08 Å². The second-order valence-corrected chi connectivity index (χ2v) is 6.83. The number of rotatable bonds is 6. The van der Waals surface area contributed by atoms with Crippen LogP contribution in [0.1, 0.15) is 32.8 Å². The Hall–Kier alpha value is -2.21. The van der Waals surface area contributed by atoms with Crippen LogP contribution in [-0.4, -0.2) is 37.7 Å². The molecular formula is C19H24ClNO5. The highest BCUT2D eigenvalue weighted by Gasteiger charge is 2.15. The molecule has 0 saturated carbocycles. The van der Waals surface area contributed by atoms with Gasteiger partial charge in [-0.3, -0.25) is 4.79 Å². The summed E-state index contributed by atoms with van der Waals surface area (Å²) in [5, 5.41) is 3.18. The average Bonchev–Trinajstić information content (AvgIpc) is 2.83. The molecule has 6 nitrogen and oxygen atoms in total. The second-order valence-electron chi connectivity index (χ2n) is 6.42. The fraction of sp³-hybridized carbons (Fsp3) is 0.474. The largest absolute Gasteiger partial charge is 0.489 e. The van der Waals surface area contributed by atoms with Crippen molar-refractivity contribution in [2.45, 2.75) is 33.2 Å². The average molecular weight is 382 g/mol. The van der Waals surface area contributed by atoms with Crippen molar-refractivity contribution < 1.29 is 23.8 Å². The van der Waals surface area contributed by atoms with Crippen molar-refractivity contribution in [3.63, 3.8) is 0 Å². The van der Waals surface area contributed by atoms with Crippen molar-refractivity contribution in [2.75, 3.05) is 19.8 Å². The maximum atomic E-state index is 11.8. The van der Waals surface area contributed by atoms with Crippen molar-refractivity contribution in [2.24, 2.45) is 5.92 Å². The van der Waals surface area contributed by atoms with E-state index in [2.05, 4.69) is 5.32 Å². The van der Waals surface area contributed by atoms with Crippen molar-refractivity contribution in [3.8, 4) is 11.5 Å². The van der Waals surface area contributed by atoms with E-state index in [1.807, 2.05) is 20.8 Å². The molecule has 142 valence electrons. The van der Waals surface area contributed by atoms with Crippen LogP contribution in [-0.2, 0) is 14.3 Å². The maximum Gasteiger partial charge on any atom is 0.331 e. The Bertz CT molecular complexity index is 687. The zero-order valence-corrected chi connectivity index (χ0v) is 16.0. The summed E-state index contributed by atoms with van der Waals surface area (Å²) >= 11 is 6.20. The zero-order valence-electron chi connectivity index (χ0n) is 15.2. The number of nitrogens with one attached hydrogen (secondary N) is 1. The van der Waals surface area contributed by atoms with Gasteiger partial charge in [0.2, 0.25) is 0 Å². The number of carbonyl (C=O) groups excluding carboxylic acids is 2. The minimum absolute atomic E-state index is 0.0145. The van der Waals surface area contributed by atoms with Gasteiger partial charge in [0.15, 0.2) is 18.1 Å². The van der Waals surface area contributed by atoms with Crippen LogP contribution in [0.5, 0.6) is 11.5 Å². The van der Waals surface area contributed by atoms with Gasteiger partial charge in [-0.25, -0.2) is 4.79 Å². The lowest BCUT2D eigenvalue weighted by atomic mass is 10.1. The van der Waals surface area contributed by atoms with Gasteiger partial charge in [-0.05, 0) is 36.6 Å². The number of fused-ring (bicyclic) bond motifs is 1. The molecule has 1 heterocycles. The zero-order chi connectivity index (χ0) is 19.1. The summed E-state index contributed by atoms with van der Waals surface area (Å²) in [5.41, 5.74) is 0.675. The van der Waals surface area contributed by atoms with Crippen LogP contribution in [0.4, 0.5) is 0 Å². The third-order valence-corrected chi connectivity index (χ3v) is 4.25. The van der Waals surface area contributed by atoms with Crippen LogP contribution in [0.3, 0.4) is 0 Å². The monoisotopic (exact) mass is 381 g/mol. The quantitative estimate of drug-likeness (QED) is 0.605. The second kappa shape index (κ2) is 9.48. The van der Waals surface area contributed by atoms with E-state index >= 15 is 0 Å². The number of esters is 1. The van der Waals surface area contributed by atoms with Crippen LogP contribution >= 0.6 is 11.6 Å². The fourth-order valence-electron chi connectivity index (χ4n) is 2.16. The first-order chi connectivity index (χ1) is 12.4. The van der Waals surface area contributed by atoms with Gasteiger partial charge in [0.05, 0.1) is 18.2 Å². The van der Waals surface area contributed by atoms with Crippen LogP contribution in [0.2, 0.25) is 5.02 Å². The Labute approximate surface area is 158 Å². The molecule has 0 unspecified atom stereocenters. The molecule has 1 aliphatic heterocycles. The molecule has 1 aliphatic rings. The molecule has 0 fully saturated rings. The third kappa shape index (κ3) is 5.95. The van der Waals surface area contributed by atoms with Gasteiger partial charge < -0.3 is 19.5 Å². The van der Waals surface area contributed by atoms with Crippen molar-refractivity contribution in [1.29, 1.82) is 0 Å². The highest BCUT2D eigenvalue weighted by molar-refractivity contribution is 6.32. The Kier molecular flexibility index (Phi) is 7.33. The van der Waals surface area contributed by atoms with Gasteiger partial charge in [-0.2, -0.15) is 0 Å². The number of ether oxygens (including phenoxy) is 3. The molecule has 1 aromatic rings. The number of halogens is 1. The van der Waals surface area contributed by atoms with E-state index in [0.717, 1.165) is 6.42 Å². The Morgan fingerprint density at radius 3 is 2.73 bits per heavy atom. The molecule has 0 bridgehead atoms. The lowest BCUT2D eigenvalue weighted by Crippen LogP contribution is -2.38. The normalized spacial score (nSPS) is 14.8. The first-order valence-electron chi connectivity index (χ1n) is 8.60. The molecule has 0 saturated heterocycles. The first-order valence-corrected chi connectivity index (χ1v) is 8.98. The van der Waals surface area contributed by atoms with E-state index in [9.17, 15) is 9.59 Å². The third-order valence-electron chi connectivity index (χ3n) is 3.97. The van der Waals surface area contributed by atoms with Gasteiger partial charge >= 0.3 is 5.97 Å². The van der Waals surface area contributed by atoms with Crippen LogP contribution in [0, 0.1) is 5.92 Å². The predicted octanol–water partition coefficient (Wildman–Crippen LogP) is 3.22. The van der Waals surface area contributed by atoms with Gasteiger partial charge in [0, 0.05) is 18.5 Å². The van der Waals surface area contributed by atoms with Gasteiger partial charge in [0.1, 0.15) is 0 Å². The first kappa shape index (κ1) is 20.1. The van der Waals surface area contributed by atoms with Gasteiger partial charge in [0.25, 0.3) is 5.91 Å².